The van der Waals surface area contributed by atoms with Crippen LogP contribution in [0.5, 0.6) is 0 Å². The molecule has 122 valence electrons. The topological polar surface area (TPSA) is 80.0 Å². The van der Waals surface area contributed by atoms with Gasteiger partial charge < -0.3 is 25.6 Å². The Morgan fingerprint density at radius 1 is 1.67 bits per heavy atom. The molecule has 0 aromatic carbocycles. The molecule has 6 heteroatoms. The number of ether oxygens (including phenoxy) is 2. The number of likely N-dealkylation sites (N-methyl/N-ethyl adjacent to an activating group) is 1. The third-order valence-electron chi connectivity index (χ3n) is 3.53. The molecule has 1 aliphatic heterocycles. The van der Waals surface area contributed by atoms with Crippen LogP contribution in [-0.4, -0.2) is 55.4 Å². The molecule has 0 aromatic rings. The largest absolute Gasteiger partial charge is 0.377 e. The number of nitrogens with two attached hydrogens (primary N) is 1. The molecule has 0 saturated carbocycles. The van der Waals surface area contributed by atoms with Crippen molar-refractivity contribution in [1.29, 1.82) is 0 Å². The maximum Gasteiger partial charge on any atom is 0.118 e. The first-order valence-electron chi connectivity index (χ1n) is 7.35. The van der Waals surface area contributed by atoms with Crippen molar-refractivity contribution in [2.75, 3.05) is 27.0 Å². The lowest BCUT2D eigenvalue weighted by molar-refractivity contribution is -0.0689. The maximum atomic E-state index is 9.61. The van der Waals surface area contributed by atoms with Gasteiger partial charge in [-0.05, 0) is 25.6 Å². The van der Waals surface area contributed by atoms with E-state index in [4.69, 9.17) is 15.2 Å². The molecule has 0 fully saturated rings. The van der Waals surface area contributed by atoms with Crippen LogP contribution in [0.4, 0.5) is 0 Å². The second-order valence-electron chi connectivity index (χ2n) is 5.73. The van der Waals surface area contributed by atoms with E-state index in [-0.39, 0.29) is 18.1 Å². The van der Waals surface area contributed by atoms with Gasteiger partial charge in [0, 0.05) is 5.70 Å². The van der Waals surface area contributed by atoms with Crippen molar-refractivity contribution in [3.63, 3.8) is 0 Å². The summed E-state index contributed by atoms with van der Waals surface area (Å²) in [7, 11) is 1.90. The van der Waals surface area contributed by atoms with Crippen LogP contribution in [0.25, 0.3) is 0 Å². The molecule has 4 N–H and O–H groups in total. The van der Waals surface area contributed by atoms with Gasteiger partial charge in [0.15, 0.2) is 0 Å². The minimum Gasteiger partial charge on any atom is -0.377 e. The highest BCUT2D eigenvalue weighted by atomic mass is 16.5. The van der Waals surface area contributed by atoms with Gasteiger partial charge in [-0.15, -0.1) is 0 Å². The summed E-state index contributed by atoms with van der Waals surface area (Å²) in [6.45, 7) is 9.16. The molecule has 3 unspecified atom stereocenters. The Labute approximate surface area is 127 Å². The van der Waals surface area contributed by atoms with Crippen LogP contribution < -0.4 is 11.1 Å². The molecule has 0 saturated heterocycles. The van der Waals surface area contributed by atoms with E-state index in [1.165, 1.54) is 0 Å². The Kier molecular flexibility index (Phi) is 7.92. The van der Waals surface area contributed by atoms with Gasteiger partial charge in [0.2, 0.25) is 0 Å². The molecular formula is C15H29N3O3. The minimum atomic E-state index is -0.875. The molecule has 21 heavy (non-hydrogen) atoms. The van der Waals surface area contributed by atoms with E-state index in [2.05, 4.69) is 18.0 Å². The zero-order valence-corrected chi connectivity index (χ0v) is 13.3. The first-order chi connectivity index (χ1) is 9.95. The molecule has 1 rings (SSSR count). The van der Waals surface area contributed by atoms with E-state index in [0.29, 0.717) is 19.9 Å². The minimum absolute atomic E-state index is 0.0639. The zero-order chi connectivity index (χ0) is 15.8. The highest BCUT2D eigenvalue weighted by molar-refractivity contribution is 5.06. The average Bonchev–Trinajstić information content (AvgIpc) is 2.40. The third-order valence-corrected chi connectivity index (χ3v) is 3.53. The van der Waals surface area contributed by atoms with Crippen LogP contribution >= 0.6 is 0 Å². The zero-order valence-electron chi connectivity index (χ0n) is 13.3. The van der Waals surface area contributed by atoms with Crippen molar-refractivity contribution in [3.05, 3.63) is 24.6 Å². The van der Waals surface area contributed by atoms with Gasteiger partial charge in [0.1, 0.15) is 6.23 Å². The highest BCUT2D eigenvalue weighted by Gasteiger charge is 2.24. The Hall–Kier alpha value is -0.920. The van der Waals surface area contributed by atoms with Gasteiger partial charge in [0.25, 0.3) is 0 Å². The number of nitrogens with one attached hydrogen (secondary N) is 1. The Balaban J connectivity index is 2.29. The van der Waals surface area contributed by atoms with E-state index >= 15 is 0 Å². The van der Waals surface area contributed by atoms with Crippen LogP contribution in [0, 0.1) is 5.92 Å². The Morgan fingerprint density at radius 3 is 2.86 bits per heavy atom. The lowest BCUT2D eigenvalue weighted by atomic mass is 10.0. The standard InChI is InChI=1S/C15H29N3O3/c1-5-17-12-6-7-13(21-8-12)9-20-10-18(4)14(11(2)3)15(16)19/h5-6,11,13-15,17,19H,1,7-10,16H2,2-4H3. The molecule has 0 bridgehead atoms. The van der Waals surface area contributed by atoms with E-state index in [0.717, 1.165) is 12.1 Å². The lowest BCUT2D eigenvalue weighted by Crippen LogP contribution is -2.50. The smallest absolute Gasteiger partial charge is 0.118 e. The number of aliphatic hydroxyl groups is 1. The average molecular weight is 299 g/mol. The normalized spacial score (nSPS) is 22.0. The number of rotatable bonds is 9. The molecule has 0 spiro atoms. The van der Waals surface area contributed by atoms with Crippen molar-refractivity contribution in [2.24, 2.45) is 11.7 Å². The van der Waals surface area contributed by atoms with Crippen molar-refractivity contribution >= 4 is 0 Å². The predicted octanol–water partition coefficient (Wildman–Crippen LogP) is 0.600. The molecule has 1 heterocycles. The monoisotopic (exact) mass is 299 g/mol. The van der Waals surface area contributed by atoms with Crippen LogP contribution in [0.3, 0.4) is 0 Å². The van der Waals surface area contributed by atoms with Crippen LogP contribution in [0.15, 0.2) is 24.6 Å². The molecule has 0 radical (unpaired) electrons. The quantitative estimate of drug-likeness (QED) is 0.541. The number of aliphatic hydroxyl groups excluding tert-OH is 1. The van der Waals surface area contributed by atoms with Gasteiger partial charge in [-0.2, -0.15) is 0 Å². The van der Waals surface area contributed by atoms with Crippen LogP contribution in [0.1, 0.15) is 20.3 Å². The Morgan fingerprint density at radius 2 is 2.38 bits per heavy atom. The number of hydrogen-bond acceptors (Lipinski definition) is 6. The van der Waals surface area contributed by atoms with Gasteiger partial charge in [0.05, 0.1) is 32.1 Å². The third kappa shape index (κ3) is 6.15. The first kappa shape index (κ1) is 18.1. The number of nitrogens with zero attached hydrogens (tertiary/aromatic N) is 1. The summed E-state index contributed by atoms with van der Waals surface area (Å²) >= 11 is 0. The van der Waals surface area contributed by atoms with E-state index in [1.807, 2.05) is 25.8 Å². The fourth-order valence-electron chi connectivity index (χ4n) is 2.53. The van der Waals surface area contributed by atoms with Crippen LogP contribution in [-0.2, 0) is 9.47 Å². The summed E-state index contributed by atoms with van der Waals surface area (Å²) in [5, 5.41) is 12.6. The highest BCUT2D eigenvalue weighted by Crippen LogP contribution is 2.13. The van der Waals surface area contributed by atoms with E-state index < -0.39 is 6.23 Å². The van der Waals surface area contributed by atoms with Gasteiger partial charge in [-0.1, -0.05) is 26.5 Å². The molecule has 0 aromatic heterocycles. The Bertz CT molecular complexity index is 337. The van der Waals surface area contributed by atoms with Crippen molar-refractivity contribution in [3.8, 4) is 0 Å². The second-order valence-corrected chi connectivity index (χ2v) is 5.73. The van der Waals surface area contributed by atoms with Gasteiger partial charge >= 0.3 is 0 Å². The summed E-state index contributed by atoms with van der Waals surface area (Å²) in [4.78, 5) is 1.93. The number of hydrogen-bond donors (Lipinski definition) is 3. The second kappa shape index (κ2) is 9.17. The fourth-order valence-corrected chi connectivity index (χ4v) is 2.53. The van der Waals surface area contributed by atoms with Crippen LogP contribution in [0.2, 0.25) is 0 Å². The van der Waals surface area contributed by atoms with Crippen molar-refractivity contribution in [2.45, 2.75) is 38.6 Å². The summed E-state index contributed by atoms with van der Waals surface area (Å²) < 4.78 is 11.4. The molecule has 0 aliphatic carbocycles. The summed E-state index contributed by atoms with van der Waals surface area (Å²) in [5.74, 6) is 0.250. The maximum absolute atomic E-state index is 9.61. The fraction of sp³-hybridized carbons (Fsp3) is 0.733. The van der Waals surface area contributed by atoms with Crippen molar-refractivity contribution in [1.82, 2.24) is 10.2 Å². The molecule has 3 atom stereocenters. The molecular weight excluding hydrogens is 270 g/mol. The van der Waals surface area contributed by atoms with Gasteiger partial charge in [-0.25, -0.2) is 0 Å². The lowest BCUT2D eigenvalue weighted by Gasteiger charge is -2.33. The van der Waals surface area contributed by atoms with Gasteiger partial charge in [-0.3, -0.25) is 4.90 Å². The summed E-state index contributed by atoms with van der Waals surface area (Å²) in [6.07, 6.45) is 3.75. The first-order valence-corrected chi connectivity index (χ1v) is 7.35. The summed E-state index contributed by atoms with van der Waals surface area (Å²) in [6, 6.07) is -0.124. The summed E-state index contributed by atoms with van der Waals surface area (Å²) in [5.41, 5.74) is 6.64. The molecule has 0 amide bonds. The van der Waals surface area contributed by atoms with E-state index in [1.54, 1.807) is 6.20 Å². The predicted molar refractivity (Wildman–Crippen MR) is 83.2 cm³/mol. The van der Waals surface area contributed by atoms with E-state index in [9.17, 15) is 5.11 Å². The SMILES string of the molecule is C=CNC1=CCC(COCN(C)C(C(C)C)C(N)O)OC1. The molecule has 1 aliphatic rings. The molecule has 6 nitrogen and oxygen atoms in total. The van der Waals surface area contributed by atoms with Crippen molar-refractivity contribution < 1.29 is 14.6 Å².